The maximum atomic E-state index is 9.46. The Balaban J connectivity index is 2.14. The first kappa shape index (κ1) is 7.82. The average Bonchev–Trinajstić information content (AvgIpc) is 2.43. The Hall–Kier alpha value is -0.810. The number of azide groups is 1. The summed E-state index contributed by atoms with van der Waals surface area (Å²) in [5.41, 5.74) is 8.21. The molecule has 2 fully saturated rings. The largest absolute Gasteiger partial charge is 0.392 e. The van der Waals surface area contributed by atoms with E-state index in [4.69, 9.17) is 15.0 Å². The summed E-state index contributed by atoms with van der Waals surface area (Å²) >= 11 is 0. The second-order valence-corrected chi connectivity index (χ2v) is 2.94. The fraction of sp³-hybridized carbons (Fsp3) is 1.00. The van der Waals surface area contributed by atoms with E-state index in [-0.39, 0.29) is 12.4 Å². The fourth-order valence-electron chi connectivity index (χ4n) is 1.57. The Morgan fingerprint density at radius 1 is 1.58 bits per heavy atom. The standard InChI is InChI=1S/C6H9N3O3/c7-9-8-6-3(10)1-5-11-2-4(6)12-5/h3-6,10H,1-2H2/t3-,4-,5?,6+/m1/s1. The third-order valence-electron chi connectivity index (χ3n) is 2.17. The van der Waals surface area contributed by atoms with Crippen molar-refractivity contribution in [3.05, 3.63) is 10.4 Å². The highest BCUT2D eigenvalue weighted by molar-refractivity contribution is 4.92. The predicted molar refractivity (Wildman–Crippen MR) is 38.2 cm³/mol. The van der Waals surface area contributed by atoms with Crippen molar-refractivity contribution in [3.8, 4) is 0 Å². The monoisotopic (exact) mass is 171 g/mol. The van der Waals surface area contributed by atoms with Gasteiger partial charge in [-0.05, 0) is 5.53 Å². The van der Waals surface area contributed by atoms with E-state index < -0.39 is 12.1 Å². The molecule has 12 heavy (non-hydrogen) atoms. The van der Waals surface area contributed by atoms with Crippen LogP contribution >= 0.6 is 0 Å². The van der Waals surface area contributed by atoms with E-state index in [2.05, 4.69) is 10.0 Å². The van der Waals surface area contributed by atoms with Gasteiger partial charge in [-0.3, -0.25) is 0 Å². The van der Waals surface area contributed by atoms with Crippen molar-refractivity contribution in [1.29, 1.82) is 0 Å². The van der Waals surface area contributed by atoms with Crippen molar-refractivity contribution < 1.29 is 14.6 Å². The van der Waals surface area contributed by atoms with Crippen molar-refractivity contribution >= 4 is 0 Å². The zero-order chi connectivity index (χ0) is 8.55. The molecule has 0 amide bonds. The molecule has 2 saturated heterocycles. The lowest BCUT2D eigenvalue weighted by Crippen LogP contribution is -2.42. The minimum absolute atomic E-state index is 0.269. The Labute approximate surface area is 68.7 Å². The van der Waals surface area contributed by atoms with Crippen LogP contribution in [0.5, 0.6) is 0 Å². The van der Waals surface area contributed by atoms with Gasteiger partial charge in [-0.15, -0.1) is 0 Å². The molecule has 1 unspecified atom stereocenters. The number of nitrogens with zero attached hydrogens (tertiary/aromatic N) is 3. The summed E-state index contributed by atoms with van der Waals surface area (Å²) in [5.74, 6) is 0. The zero-order valence-electron chi connectivity index (χ0n) is 6.33. The van der Waals surface area contributed by atoms with E-state index >= 15 is 0 Å². The summed E-state index contributed by atoms with van der Waals surface area (Å²) in [6, 6.07) is -0.492. The van der Waals surface area contributed by atoms with Gasteiger partial charge >= 0.3 is 0 Å². The van der Waals surface area contributed by atoms with Crippen molar-refractivity contribution in [2.45, 2.75) is 31.0 Å². The molecule has 0 aromatic rings. The van der Waals surface area contributed by atoms with E-state index in [9.17, 15) is 5.11 Å². The van der Waals surface area contributed by atoms with Gasteiger partial charge < -0.3 is 14.6 Å². The molecule has 0 aromatic carbocycles. The van der Waals surface area contributed by atoms with Crippen LogP contribution < -0.4 is 0 Å². The van der Waals surface area contributed by atoms with Gasteiger partial charge in [0.2, 0.25) is 0 Å². The smallest absolute Gasteiger partial charge is 0.160 e. The molecular weight excluding hydrogens is 162 g/mol. The van der Waals surface area contributed by atoms with Gasteiger partial charge in [0, 0.05) is 11.3 Å². The van der Waals surface area contributed by atoms with Crippen LogP contribution in [0.25, 0.3) is 10.4 Å². The summed E-state index contributed by atoms with van der Waals surface area (Å²) < 4.78 is 10.4. The minimum Gasteiger partial charge on any atom is -0.392 e. The normalized spacial score (nSPS) is 45.4. The number of hydrogen-bond acceptors (Lipinski definition) is 4. The Bertz CT molecular complexity index is 228. The molecule has 2 bridgehead atoms. The fourth-order valence-corrected chi connectivity index (χ4v) is 1.57. The van der Waals surface area contributed by atoms with Crippen LogP contribution in [0.2, 0.25) is 0 Å². The molecule has 0 saturated carbocycles. The molecule has 1 N–H and O–H groups in total. The topological polar surface area (TPSA) is 87.5 Å². The molecule has 0 radical (unpaired) electrons. The van der Waals surface area contributed by atoms with Gasteiger partial charge in [0.15, 0.2) is 6.29 Å². The maximum Gasteiger partial charge on any atom is 0.160 e. The number of fused-ring (bicyclic) bond motifs is 2. The molecule has 2 aliphatic rings. The quantitative estimate of drug-likeness (QED) is 0.346. The van der Waals surface area contributed by atoms with Gasteiger partial charge in [0.05, 0.1) is 24.9 Å². The first-order valence-electron chi connectivity index (χ1n) is 3.80. The Kier molecular flexibility index (Phi) is 1.90. The van der Waals surface area contributed by atoms with Gasteiger partial charge in [-0.2, -0.15) is 0 Å². The van der Waals surface area contributed by atoms with Crippen LogP contribution in [0.15, 0.2) is 5.11 Å². The molecule has 0 aromatic heterocycles. The maximum absolute atomic E-state index is 9.46. The molecule has 2 rings (SSSR count). The molecule has 2 heterocycles. The van der Waals surface area contributed by atoms with E-state index in [1.54, 1.807) is 0 Å². The second-order valence-electron chi connectivity index (χ2n) is 2.94. The average molecular weight is 171 g/mol. The zero-order valence-corrected chi connectivity index (χ0v) is 6.33. The lowest BCUT2D eigenvalue weighted by molar-refractivity contribution is -0.123. The lowest BCUT2D eigenvalue weighted by Gasteiger charge is -2.28. The number of aliphatic hydroxyl groups excluding tert-OH is 1. The number of aliphatic hydroxyl groups is 1. The minimum atomic E-state index is -0.632. The van der Waals surface area contributed by atoms with Crippen molar-refractivity contribution in [1.82, 2.24) is 0 Å². The summed E-state index contributed by atoms with van der Waals surface area (Å²) in [6.07, 6.45) is -0.822. The summed E-state index contributed by atoms with van der Waals surface area (Å²) in [7, 11) is 0. The third-order valence-corrected chi connectivity index (χ3v) is 2.17. The molecular formula is C6H9N3O3. The van der Waals surface area contributed by atoms with Crippen LogP contribution in [0.3, 0.4) is 0 Å². The Morgan fingerprint density at radius 2 is 2.42 bits per heavy atom. The Morgan fingerprint density at radius 3 is 3.17 bits per heavy atom. The molecule has 2 aliphatic heterocycles. The van der Waals surface area contributed by atoms with Crippen LogP contribution in [0.1, 0.15) is 6.42 Å². The SMILES string of the molecule is [N-]=[N+]=N[C@H]1[C@H](O)CC2OC[C@H]1O2. The molecule has 0 spiro atoms. The van der Waals surface area contributed by atoms with Crippen LogP contribution in [-0.4, -0.2) is 36.3 Å². The highest BCUT2D eigenvalue weighted by Gasteiger charge is 2.42. The number of rotatable bonds is 1. The predicted octanol–water partition coefficient (Wildman–Crippen LogP) is 0.171. The molecule has 4 atom stereocenters. The summed E-state index contributed by atoms with van der Waals surface area (Å²) in [5, 5.41) is 12.9. The summed E-state index contributed by atoms with van der Waals surface area (Å²) in [6.45, 7) is 0.408. The lowest BCUT2D eigenvalue weighted by atomic mass is 10.0. The van der Waals surface area contributed by atoms with Crippen molar-refractivity contribution in [3.63, 3.8) is 0 Å². The number of ether oxygens (including phenoxy) is 2. The van der Waals surface area contributed by atoms with Crippen LogP contribution in [0.4, 0.5) is 0 Å². The van der Waals surface area contributed by atoms with E-state index in [0.29, 0.717) is 13.0 Å². The van der Waals surface area contributed by atoms with Gasteiger partial charge in [0.25, 0.3) is 0 Å². The highest BCUT2D eigenvalue weighted by Crippen LogP contribution is 2.29. The summed E-state index contributed by atoms with van der Waals surface area (Å²) in [4.78, 5) is 2.66. The first-order chi connectivity index (χ1) is 5.81. The highest BCUT2D eigenvalue weighted by atomic mass is 16.7. The molecule has 0 aliphatic carbocycles. The van der Waals surface area contributed by atoms with E-state index in [1.165, 1.54) is 0 Å². The first-order valence-corrected chi connectivity index (χ1v) is 3.80. The van der Waals surface area contributed by atoms with Gasteiger partial charge in [-0.25, -0.2) is 0 Å². The molecule has 6 heteroatoms. The van der Waals surface area contributed by atoms with Crippen molar-refractivity contribution in [2.75, 3.05) is 6.61 Å². The van der Waals surface area contributed by atoms with Gasteiger partial charge in [0.1, 0.15) is 0 Å². The van der Waals surface area contributed by atoms with Crippen molar-refractivity contribution in [2.24, 2.45) is 5.11 Å². The second kappa shape index (κ2) is 2.91. The third kappa shape index (κ3) is 1.15. The van der Waals surface area contributed by atoms with Gasteiger partial charge in [-0.1, -0.05) is 5.11 Å². The van der Waals surface area contributed by atoms with Crippen LogP contribution in [-0.2, 0) is 9.47 Å². The molecule has 66 valence electrons. The van der Waals surface area contributed by atoms with E-state index in [1.807, 2.05) is 0 Å². The van der Waals surface area contributed by atoms with E-state index in [0.717, 1.165) is 0 Å². The molecule has 6 nitrogen and oxygen atoms in total. The number of hydrogen-bond donors (Lipinski definition) is 1. The van der Waals surface area contributed by atoms with Crippen LogP contribution in [0, 0.1) is 0 Å².